The van der Waals surface area contributed by atoms with Gasteiger partial charge in [-0.2, -0.15) is 0 Å². The number of benzene rings is 1. The largest absolute Gasteiger partial charge is 0.371 e. The molecule has 122 valence electrons. The molecule has 1 aliphatic rings. The van der Waals surface area contributed by atoms with Gasteiger partial charge in [0.25, 0.3) is 5.91 Å². The zero-order valence-corrected chi connectivity index (χ0v) is 14.7. The number of thiazole rings is 1. The first-order valence-electron chi connectivity index (χ1n) is 7.36. The Labute approximate surface area is 148 Å². The van der Waals surface area contributed by atoms with Gasteiger partial charge in [-0.05, 0) is 42.5 Å². The molecule has 0 radical (unpaired) electrons. The molecule has 23 heavy (non-hydrogen) atoms. The lowest BCUT2D eigenvalue weighted by Gasteiger charge is -2.03. The van der Waals surface area contributed by atoms with Crippen molar-refractivity contribution in [3.63, 3.8) is 0 Å². The number of hydrogen-bond donors (Lipinski definition) is 1. The molecule has 1 aromatic heterocycles. The Morgan fingerprint density at radius 2 is 2.22 bits per heavy atom. The number of halogens is 2. The van der Waals surface area contributed by atoms with E-state index in [9.17, 15) is 4.79 Å². The fraction of sp³-hybridized carbons (Fsp3) is 0.375. The van der Waals surface area contributed by atoms with Crippen molar-refractivity contribution in [3.8, 4) is 0 Å². The van der Waals surface area contributed by atoms with Crippen LogP contribution in [0.25, 0.3) is 0 Å². The highest BCUT2D eigenvalue weighted by molar-refractivity contribution is 7.15. The number of aromatic nitrogens is 1. The molecule has 0 aliphatic heterocycles. The Morgan fingerprint density at radius 1 is 1.39 bits per heavy atom. The molecule has 7 heteroatoms. The summed E-state index contributed by atoms with van der Waals surface area (Å²) in [4.78, 5) is 17.0. The second-order valence-corrected chi connectivity index (χ2v) is 7.51. The summed E-state index contributed by atoms with van der Waals surface area (Å²) in [6.07, 6.45) is 4.79. The topological polar surface area (TPSA) is 51.2 Å². The Bertz CT molecular complexity index is 701. The van der Waals surface area contributed by atoms with E-state index in [0.717, 1.165) is 10.4 Å². The first kappa shape index (κ1) is 16.7. The lowest BCUT2D eigenvalue weighted by Crippen LogP contribution is -2.18. The molecule has 0 spiro atoms. The Balaban J connectivity index is 1.52. The minimum Gasteiger partial charge on any atom is -0.371 e. The van der Waals surface area contributed by atoms with Crippen molar-refractivity contribution in [3.05, 3.63) is 44.9 Å². The Kier molecular flexibility index (Phi) is 5.54. The van der Waals surface area contributed by atoms with Crippen LogP contribution in [-0.2, 0) is 16.0 Å². The maximum atomic E-state index is 11.8. The monoisotopic (exact) mass is 370 g/mol. The quantitative estimate of drug-likeness (QED) is 0.785. The number of nitrogens with one attached hydrogen (secondary N) is 1. The highest BCUT2D eigenvalue weighted by Gasteiger charge is 2.21. The predicted molar refractivity (Wildman–Crippen MR) is 93.6 cm³/mol. The number of ether oxygens (including phenoxy) is 1. The summed E-state index contributed by atoms with van der Waals surface area (Å²) in [6.45, 7) is 0.745. The highest BCUT2D eigenvalue weighted by Crippen LogP contribution is 2.29. The van der Waals surface area contributed by atoms with Crippen molar-refractivity contribution in [2.24, 2.45) is 5.92 Å². The number of hydrogen-bond acceptors (Lipinski definition) is 4. The molecular weight excluding hydrogens is 355 g/mol. The summed E-state index contributed by atoms with van der Waals surface area (Å²) in [5, 5.41) is 4.64. The first-order valence-corrected chi connectivity index (χ1v) is 8.93. The van der Waals surface area contributed by atoms with Crippen molar-refractivity contribution in [1.82, 2.24) is 4.98 Å². The molecule has 3 rings (SSSR count). The van der Waals surface area contributed by atoms with Crippen LogP contribution in [0, 0.1) is 5.92 Å². The Hall–Kier alpha value is -1.14. The average Bonchev–Trinajstić information content (AvgIpc) is 3.23. The summed E-state index contributed by atoms with van der Waals surface area (Å²) >= 11 is 13.6. The molecule has 0 atom stereocenters. The van der Waals surface area contributed by atoms with Gasteiger partial charge in [0, 0.05) is 27.5 Å². The molecule has 1 aliphatic carbocycles. The number of anilines is 1. The fourth-order valence-electron chi connectivity index (χ4n) is 2.07. The van der Waals surface area contributed by atoms with Crippen LogP contribution < -0.4 is 5.32 Å². The summed E-state index contributed by atoms with van der Waals surface area (Å²) in [7, 11) is 0. The van der Waals surface area contributed by atoms with E-state index in [2.05, 4.69) is 10.3 Å². The van der Waals surface area contributed by atoms with Crippen LogP contribution in [0.1, 0.15) is 23.3 Å². The van der Waals surface area contributed by atoms with E-state index >= 15 is 0 Å². The summed E-state index contributed by atoms with van der Waals surface area (Å²) < 4.78 is 5.36. The third-order valence-corrected chi connectivity index (χ3v) is 4.97. The minimum absolute atomic E-state index is 0.0749. The van der Waals surface area contributed by atoms with Crippen LogP contribution in [0.15, 0.2) is 24.4 Å². The van der Waals surface area contributed by atoms with Gasteiger partial charge < -0.3 is 4.74 Å². The van der Waals surface area contributed by atoms with Crippen molar-refractivity contribution < 1.29 is 9.53 Å². The summed E-state index contributed by atoms with van der Waals surface area (Å²) in [5.41, 5.74) is 0.938. The van der Waals surface area contributed by atoms with Gasteiger partial charge in [0.15, 0.2) is 5.13 Å². The second kappa shape index (κ2) is 7.62. The molecule has 4 nitrogen and oxygen atoms in total. The molecule has 1 N–H and O–H groups in total. The molecular formula is C16H16Cl2N2O2S. The predicted octanol–water partition coefficient (Wildman–Crippen LogP) is 4.41. The number of carbonyl (C=O) groups excluding carboxylic acids is 1. The van der Waals surface area contributed by atoms with E-state index in [1.54, 1.807) is 18.3 Å². The maximum absolute atomic E-state index is 11.8. The number of nitrogens with zero attached hydrogens (tertiary/aromatic N) is 1. The zero-order valence-electron chi connectivity index (χ0n) is 12.4. The van der Waals surface area contributed by atoms with Gasteiger partial charge in [0.2, 0.25) is 0 Å². The third kappa shape index (κ3) is 5.18. The van der Waals surface area contributed by atoms with Gasteiger partial charge >= 0.3 is 0 Å². The number of rotatable bonds is 7. The standard InChI is InChI=1S/C16H16Cl2N2O2S/c17-12-3-4-14(18)11(5-12)6-13-7-19-16(23-13)20-15(21)9-22-8-10-1-2-10/h3-5,7,10H,1-2,6,8-9H2,(H,19,20,21). The first-order chi connectivity index (χ1) is 11.1. The second-order valence-electron chi connectivity index (χ2n) is 5.55. The molecule has 0 saturated heterocycles. The van der Waals surface area contributed by atoms with E-state index in [0.29, 0.717) is 34.1 Å². The molecule has 1 aromatic carbocycles. The van der Waals surface area contributed by atoms with Crippen LogP contribution in [0.4, 0.5) is 5.13 Å². The summed E-state index contributed by atoms with van der Waals surface area (Å²) in [6, 6.07) is 5.38. The van der Waals surface area contributed by atoms with Crippen molar-refractivity contribution in [2.45, 2.75) is 19.3 Å². The minimum atomic E-state index is -0.174. The van der Waals surface area contributed by atoms with Crippen molar-refractivity contribution in [2.75, 3.05) is 18.5 Å². The molecule has 2 aromatic rings. The van der Waals surface area contributed by atoms with E-state index in [1.165, 1.54) is 24.2 Å². The molecule has 1 amide bonds. The van der Waals surface area contributed by atoms with Crippen LogP contribution >= 0.6 is 34.5 Å². The van der Waals surface area contributed by atoms with E-state index < -0.39 is 0 Å². The molecule has 1 saturated carbocycles. The van der Waals surface area contributed by atoms with Gasteiger partial charge in [0.1, 0.15) is 6.61 Å². The average molecular weight is 371 g/mol. The van der Waals surface area contributed by atoms with E-state index in [-0.39, 0.29) is 12.5 Å². The van der Waals surface area contributed by atoms with Gasteiger partial charge in [-0.25, -0.2) is 4.98 Å². The van der Waals surface area contributed by atoms with Gasteiger partial charge in [-0.1, -0.05) is 23.2 Å². The zero-order chi connectivity index (χ0) is 16.2. The van der Waals surface area contributed by atoms with Crippen LogP contribution in [0.5, 0.6) is 0 Å². The third-order valence-electron chi connectivity index (χ3n) is 3.46. The van der Waals surface area contributed by atoms with Crippen molar-refractivity contribution >= 4 is 45.6 Å². The molecule has 1 heterocycles. The van der Waals surface area contributed by atoms with Crippen molar-refractivity contribution in [1.29, 1.82) is 0 Å². The van der Waals surface area contributed by atoms with Gasteiger partial charge in [-0.3, -0.25) is 10.1 Å². The van der Waals surface area contributed by atoms with Gasteiger partial charge in [0.05, 0.1) is 6.61 Å². The molecule has 0 unspecified atom stereocenters. The van der Waals surface area contributed by atoms with Crippen LogP contribution in [-0.4, -0.2) is 24.1 Å². The fourth-order valence-corrected chi connectivity index (χ4v) is 3.30. The number of carbonyl (C=O) groups is 1. The van der Waals surface area contributed by atoms with E-state index in [1.807, 2.05) is 6.07 Å². The lowest BCUT2D eigenvalue weighted by molar-refractivity contribution is -0.120. The van der Waals surface area contributed by atoms with E-state index in [4.69, 9.17) is 27.9 Å². The summed E-state index contributed by atoms with van der Waals surface area (Å²) in [5.74, 6) is 0.476. The smallest absolute Gasteiger partial charge is 0.252 e. The lowest BCUT2D eigenvalue weighted by atomic mass is 10.1. The molecule has 1 fully saturated rings. The Morgan fingerprint density at radius 3 is 3.00 bits per heavy atom. The van der Waals surface area contributed by atoms with Gasteiger partial charge in [-0.15, -0.1) is 11.3 Å². The van der Waals surface area contributed by atoms with Crippen LogP contribution in [0.3, 0.4) is 0 Å². The SMILES string of the molecule is O=C(COCC1CC1)Nc1ncc(Cc2cc(Cl)ccc2Cl)s1. The normalized spacial score (nSPS) is 14.0. The maximum Gasteiger partial charge on any atom is 0.252 e. The van der Waals surface area contributed by atoms with Crippen LogP contribution in [0.2, 0.25) is 10.0 Å². The molecule has 0 bridgehead atoms. The highest BCUT2D eigenvalue weighted by atomic mass is 35.5. The number of amides is 1.